The van der Waals surface area contributed by atoms with E-state index in [9.17, 15) is 5.11 Å². The molecule has 3 aromatic heterocycles. The van der Waals surface area contributed by atoms with Gasteiger partial charge in [-0.3, -0.25) is 0 Å². The molecule has 26 heavy (non-hydrogen) atoms. The number of fused-ring (bicyclic) bond motifs is 1. The van der Waals surface area contributed by atoms with Crippen LogP contribution in [0.25, 0.3) is 16.9 Å². The molecule has 0 radical (unpaired) electrons. The highest BCUT2D eigenvalue weighted by molar-refractivity contribution is 7.11. The fourth-order valence-corrected chi connectivity index (χ4v) is 3.87. The Morgan fingerprint density at radius 2 is 2.00 bits per heavy atom. The van der Waals surface area contributed by atoms with E-state index in [0.717, 1.165) is 21.1 Å². The van der Waals surface area contributed by atoms with Crippen LogP contribution in [0, 0.1) is 13.8 Å². The van der Waals surface area contributed by atoms with Gasteiger partial charge in [0, 0.05) is 10.4 Å². The van der Waals surface area contributed by atoms with Crippen LogP contribution in [0.5, 0.6) is 0 Å². The van der Waals surface area contributed by atoms with Crippen LogP contribution in [0.1, 0.15) is 21.8 Å². The minimum Gasteiger partial charge on any atom is -0.368 e. The molecule has 0 saturated heterocycles. The van der Waals surface area contributed by atoms with Crippen LogP contribution in [-0.4, -0.2) is 24.7 Å². The number of aryl methyl sites for hydroxylation is 2. The lowest BCUT2D eigenvalue weighted by atomic mass is 10.1. The normalized spacial score (nSPS) is 12.5. The van der Waals surface area contributed by atoms with Crippen molar-refractivity contribution in [2.75, 3.05) is 5.32 Å². The average molecular weight is 386 g/mol. The molecule has 0 aliphatic heterocycles. The Bertz CT molecular complexity index is 1090. The van der Waals surface area contributed by atoms with Crippen molar-refractivity contribution in [3.63, 3.8) is 0 Å². The van der Waals surface area contributed by atoms with Gasteiger partial charge in [0.25, 0.3) is 0 Å². The summed E-state index contributed by atoms with van der Waals surface area (Å²) in [5.41, 5.74) is 2.84. The number of thiazole rings is 1. The van der Waals surface area contributed by atoms with Gasteiger partial charge >= 0.3 is 0 Å². The van der Waals surface area contributed by atoms with Crippen molar-refractivity contribution in [3.05, 3.63) is 63.2 Å². The third-order valence-electron chi connectivity index (χ3n) is 4.00. The quantitative estimate of drug-likeness (QED) is 0.514. The average Bonchev–Trinajstić information content (AvgIpc) is 3.17. The van der Waals surface area contributed by atoms with Gasteiger partial charge in [-0.1, -0.05) is 29.8 Å². The standard InChI is InChI=1S/C18H16ClN5OS/c1-10-17(21-11(2)26-10)18(25)22-16-9-20-15-8-7-14(23-24(15)16)12-5-3-4-6-13(12)19/h3-9,18,22,25H,1-2H3. The van der Waals surface area contributed by atoms with Crippen LogP contribution in [0.15, 0.2) is 42.6 Å². The number of anilines is 1. The first-order valence-electron chi connectivity index (χ1n) is 8.01. The van der Waals surface area contributed by atoms with Gasteiger partial charge in [0.1, 0.15) is 5.69 Å². The molecule has 0 aliphatic carbocycles. The second-order valence-corrected chi connectivity index (χ2v) is 7.65. The molecule has 0 bridgehead atoms. The molecular weight excluding hydrogens is 370 g/mol. The molecule has 0 aliphatic rings. The van der Waals surface area contributed by atoms with Crippen LogP contribution in [0.3, 0.4) is 0 Å². The van der Waals surface area contributed by atoms with Gasteiger partial charge in [0.15, 0.2) is 17.7 Å². The Labute approximate surface area is 159 Å². The summed E-state index contributed by atoms with van der Waals surface area (Å²) < 4.78 is 1.65. The summed E-state index contributed by atoms with van der Waals surface area (Å²) in [5.74, 6) is 0.575. The van der Waals surface area contributed by atoms with Crippen molar-refractivity contribution in [2.24, 2.45) is 0 Å². The molecule has 3 heterocycles. The highest BCUT2D eigenvalue weighted by Gasteiger charge is 2.17. The van der Waals surface area contributed by atoms with E-state index in [2.05, 4.69) is 20.4 Å². The van der Waals surface area contributed by atoms with Gasteiger partial charge in [-0.2, -0.15) is 9.61 Å². The summed E-state index contributed by atoms with van der Waals surface area (Å²) in [6.45, 7) is 3.85. The predicted molar refractivity (Wildman–Crippen MR) is 104 cm³/mol. The van der Waals surface area contributed by atoms with Crippen molar-refractivity contribution in [1.82, 2.24) is 19.6 Å². The summed E-state index contributed by atoms with van der Waals surface area (Å²) in [6.07, 6.45) is 0.696. The molecular formula is C18H16ClN5OS. The fourth-order valence-electron chi connectivity index (χ4n) is 2.79. The monoisotopic (exact) mass is 385 g/mol. The molecule has 0 spiro atoms. The smallest absolute Gasteiger partial charge is 0.170 e. The number of nitrogens with one attached hydrogen (secondary N) is 1. The van der Waals surface area contributed by atoms with Crippen molar-refractivity contribution >= 4 is 34.4 Å². The zero-order valence-electron chi connectivity index (χ0n) is 14.1. The van der Waals surface area contributed by atoms with Gasteiger partial charge < -0.3 is 10.4 Å². The molecule has 2 N–H and O–H groups in total. The van der Waals surface area contributed by atoms with E-state index in [-0.39, 0.29) is 0 Å². The van der Waals surface area contributed by atoms with E-state index >= 15 is 0 Å². The first kappa shape index (κ1) is 17.0. The first-order valence-corrected chi connectivity index (χ1v) is 9.20. The van der Waals surface area contributed by atoms with Crippen molar-refractivity contribution < 1.29 is 5.11 Å². The number of hydrogen-bond donors (Lipinski definition) is 2. The Morgan fingerprint density at radius 3 is 2.73 bits per heavy atom. The van der Waals surface area contributed by atoms with Crippen molar-refractivity contribution in [1.29, 1.82) is 0 Å². The second-order valence-electron chi connectivity index (χ2n) is 5.83. The van der Waals surface area contributed by atoms with E-state index in [4.69, 9.17) is 11.6 Å². The Morgan fingerprint density at radius 1 is 1.19 bits per heavy atom. The van der Waals surface area contributed by atoms with E-state index in [1.165, 1.54) is 0 Å². The lowest BCUT2D eigenvalue weighted by Gasteiger charge is -2.12. The zero-order valence-corrected chi connectivity index (χ0v) is 15.7. The summed E-state index contributed by atoms with van der Waals surface area (Å²) in [7, 11) is 0. The Hall–Kier alpha value is -2.48. The zero-order chi connectivity index (χ0) is 18.3. The number of aromatic nitrogens is 4. The van der Waals surface area contributed by atoms with Crippen LogP contribution in [-0.2, 0) is 0 Å². The molecule has 0 fully saturated rings. The maximum Gasteiger partial charge on any atom is 0.170 e. The number of benzene rings is 1. The summed E-state index contributed by atoms with van der Waals surface area (Å²) in [5, 5.41) is 19.7. The first-order chi connectivity index (χ1) is 12.5. The van der Waals surface area contributed by atoms with Crippen LogP contribution in [0.4, 0.5) is 5.82 Å². The molecule has 6 nitrogen and oxygen atoms in total. The Kier molecular flexibility index (Phi) is 4.36. The predicted octanol–water partition coefficient (Wildman–Crippen LogP) is 4.23. The number of halogens is 1. The highest BCUT2D eigenvalue weighted by Crippen LogP contribution is 2.28. The molecule has 132 valence electrons. The molecule has 1 atom stereocenters. The van der Waals surface area contributed by atoms with Crippen LogP contribution < -0.4 is 5.32 Å². The Balaban J connectivity index is 1.71. The maximum absolute atomic E-state index is 10.5. The topological polar surface area (TPSA) is 75.3 Å². The van der Waals surface area contributed by atoms with Gasteiger partial charge in [0.2, 0.25) is 0 Å². The summed E-state index contributed by atoms with van der Waals surface area (Å²) in [6, 6.07) is 11.3. The largest absolute Gasteiger partial charge is 0.368 e. The second kappa shape index (κ2) is 6.68. The number of nitrogens with zero attached hydrogens (tertiary/aromatic N) is 4. The van der Waals surface area contributed by atoms with Crippen molar-refractivity contribution in [3.8, 4) is 11.3 Å². The molecule has 0 amide bonds. The molecule has 1 aromatic carbocycles. The third kappa shape index (κ3) is 3.05. The molecule has 0 saturated carbocycles. The van der Waals surface area contributed by atoms with E-state index in [1.807, 2.05) is 50.2 Å². The van der Waals surface area contributed by atoms with Crippen molar-refractivity contribution in [2.45, 2.75) is 20.1 Å². The lowest BCUT2D eigenvalue weighted by Crippen LogP contribution is -2.13. The minimum atomic E-state index is -0.939. The number of aliphatic hydroxyl groups excluding tert-OH is 1. The van der Waals surface area contributed by atoms with E-state index in [1.54, 1.807) is 22.0 Å². The third-order valence-corrected chi connectivity index (χ3v) is 5.23. The van der Waals surface area contributed by atoms with Crippen LogP contribution >= 0.6 is 22.9 Å². The number of aliphatic hydroxyl groups is 1. The van der Waals surface area contributed by atoms with Crippen LogP contribution in [0.2, 0.25) is 5.02 Å². The number of hydrogen-bond acceptors (Lipinski definition) is 6. The van der Waals surface area contributed by atoms with Gasteiger partial charge in [0.05, 0.1) is 21.9 Å². The summed E-state index contributed by atoms with van der Waals surface area (Å²) in [4.78, 5) is 9.69. The number of imidazole rings is 1. The highest BCUT2D eigenvalue weighted by atomic mass is 35.5. The fraction of sp³-hybridized carbons (Fsp3) is 0.167. The molecule has 1 unspecified atom stereocenters. The van der Waals surface area contributed by atoms with Gasteiger partial charge in [-0.05, 0) is 32.0 Å². The SMILES string of the molecule is Cc1nc(C(O)Nc2cnc3ccc(-c4ccccc4Cl)nn23)c(C)s1. The molecule has 4 aromatic rings. The molecule has 8 heteroatoms. The van der Waals surface area contributed by atoms with E-state index < -0.39 is 6.23 Å². The lowest BCUT2D eigenvalue weighted by molar-refractivity contribution is 0.202. The summed E-state index contributed by atoms with van der Waals surface area (Å²) >= 11 is 7.83. The minimum absolute atomic E-state index is 0.575. The molecule has 4 rings (SSSR count). The van der Waals surface area contributed by atoms with Gasteiger partial charge in [-0.25, -0.2) is 9.97 Å². The van der Waals surface area contributed by atoms with Gasteiger partial charge in [-0.15, -0.1) is 11.3 Å². The maximum atomic E-state index is 10.5. The van der Waals surface area contributed by atoms with E-state index in [0.29, 0.717) is 22.2 Å². The number of rotatable bonds is 4.